The van der Waals surface area contributed by atoms with E-state index in [1.807, 2.05) is 6.92 Å². The molecular formula is C17H17N3O4. The van der Waals surface area contributed by atoms with Crippen molar-refractivity contribution in [1.82, 2.24) is 4.98 Å². The largest absolute Gasteiger partial charge is 0.465 e. The Morgan fingerprint density at radius 2 is 2.08 bits per heavy atom. The van der Waals surface area contributed by atoms with Gasteiger partial charge in [0.05, 0.1) is 12.8 Å². The zero-order valence-corrected chi connectivity index (χ0v) is 13.3. The highest BCUT2D eigenvalue weighted by Crippen LogP contribution is 2.30. The van der Waals surface area contributed by atoms with Crippen molar-refractivity contribution in [1.29, 1.82) is 0 Å². The molecule has 1 aromatic heterocycles. The fourth-order valence-electron chi connectivity index (χ4n) is 1.93. The van der Waals surface area contributed by atoms with Gasteiger partial charge >= 0.3 is 5.97 Å². The fraction of sp³-hybridized carbons (Fsp3) is 0.118. The number of nitrogen functional groups attached to an aromatic ring is 1. The van der Waals surface area contributed by atoms with Gasteiger partial charge in [0.1, 0.15) is 11.3 Å². The first kappa shape index (κ1) is 17.0. The molecule has 2 rings (SSSR count). The molecule has 0 atom stereocenters. The van der Waals surface area contributed by atoms with Crippen LogP contribution in [0, 0.1) is 6.92 Å². The van der Waals surface area contributed by atoms with Crippen LogP contribution < -0.4 is 15.8 Å². The van der Waals surface area contributed by atoms with Crippen molar-refractivity contribution >= 4 is 23.3 Å². The summed E-state index contributed by atoms with van der Waals surface area (Å²) in [7, 11) is 1.25. The van der Waals surface area contributed by atoms with E-state index in [1.165, 1.54) is 19.2 Å². The Balaban J connectivity index is 2.39. The summed E-state index contributed by atoms with van der Waals surface area (Å²) < 4.78 is 10.4. The number of methoxy groups -OCH3 is 1. The van der Waals surface area contributed by atoms with Crippen molar-refractivity contribution in [2.45, 2.75) is 6.92 Å². The minimum Gasteiger partial charge on any atom is -0.465 e. The Hall–Kier alpha value is -3.35. The standard InChI is InChI=1S/C17H17N3O4/c1-4-15(21)20-11-5-6-14(12(8-11)17(22)23-3)24-16-13(18)7-10(2)9-19-16/h4-9H,1,18H2,2-3H3,(H,20,21). The number of hydrogen-bond donors (Lipinski definition) is 2. The van der Waals surface area contributed by atoms with E-state index in [2.05, 4.69) is 16.9 Å². The van der Waals surface area contributed by atoms with Crippen LogP contribution in [0.5, 0.6) is 11.6 Å². The predicted octanol–water partition coefficient (Wildman–Crippen LogP) is 2.68. The van der Waals surface area contributed by atoms with Crippen molar-refractivity contribution in [3.05, 3.63) is 54.2 Å². The van der Waals surface area contributed by atoms with Crippen LogP contribution in [-0.2, 0) is 9.53 Å². The molecule has 1 aromatic carbocycles. The van der Waals surface area contributed by atoms with E-state index in [1.54, 1.807) is 18.3 Å². The molecule has 0 unspecified atom stereocenters. The number of carbonyl (C=O) groups is 2. The summed E-state index contributed by atoms with van der Waals surface area (Å²) in [6, 6.07) is 6.24. The third-order valence-corrected chi connectivity index (χ3v) is 3.06. The molecule has 3 N–H and O–H groups in total. The molecule has 0 aliphatic heterocycles. The molecule has 0 aliphatic carbocycles. The molecule has 0 saturated heterocycles. The van der Waals surface area contributed by atoms with Gasteiger partial charge in [0, 0.05) is 11.9 Å². The number of aryl methyl sites for hydroxylation is 1. The third kappa shape index (κ3) is 3.89. The Morgan fingerprint density at radius 1 is 1.33 bits per heavy atom. The lowest BCUT2D eigenvalue weighted by Gasteiger charge is -2.12. The summed E-state index contributed by atoms with van der Waals surface area (Å²) in [5.41, 5.74) is 7.62. The van der Waals surface area contributed by atoms with Crippen molar-refractivity contribution in [2.75, 3.05) is 18.2 Å². The Labute approximate surface area is 139 Å². The second-order valence-corrected chi connectivity index (χ2v) is 4.91. The highest BCUT2D eigenvalue weighted by atomic mass is 16.5. The molecule has 0 fully saturated rings. The highest BCUT2D eigenvalue weighted by molar-refractivity contribution is 6.00. The number of anilines is 2. The van der Waals surface area contributed by atoms with Crippen LogP contribution in [0.15, 0.2) is 43.1 Å². The normalized spacial score (nSPS) is 9.92. The van der Waals surface area contributed by atoms with Crippen molar-refractivity contribution in [3.8, 4) is 11.6 Å². The van der Waals surface area contributed by atoms with E-state index in [4.69, 9.17) is 15.2 Å². The predicted molar refractivity (Wildman–Crippen MR) is 90.1 cm³/mol. The number of nitrogens with one attached hydrogen (secondary N) is 1. The maximum Gasteiger partial charge on any atom is 0.341 e. The van der Waals surface area contributed by atoms with Gasteiger partial charge in [-0.05, 0) is 42.8 Å². The zero-order chi connectivity index (χ0) is 17.7. The van der Waals surface area contributed by atoms with Gasteiger partial charge in [0.25, 0.3) is 0 Å². The first-order chi connectivity index (χ1) is 11.4. The number of nitrogens with two attached hydrogens (primary N) is 1. The average molecular weight is 327 g/mol. The number of nitrogens with zero attached hydrogens (tertiary/aromatic N) is 1. The Bertz CT molecular complexity index is 802. The van der Waals surface area contributed by atoms with Gasteiger partial charge in [-0.3, -0.25) is 4.79 Å². The number of carbonyl (C=O) groups excluding carboxylic acids is 2. The molecule has 0 radical (unpaired) electrons. The first-order valence-corrected chi connectivity index (χ1v) is 7.00. The third-order valence-electron chi connectivity index (χ3n) is 3.06. The molecule has 1 amide bonds. The lowest BCUT2D eigenvalue weighted by atomic mass is 10.1. The minimum atomic E-state index is -0.620. The number of benzene rings is 1. The second kappa shape index (κ2) is 7.28. The summed E-state index contributed by atoms with van der Waals surface area (Å²) in [5, 5.41) is 2.56. The van der Waals surface area contributed by atoms with E-state index in [0.717, 1.165) is 11.6 Å². The summed E-state index contributed by atoms with van der Waals surface area (Å²) in [6.07, 6.45) is 2.72. The Kier molecular flexibility index (Phi) is 5.16. The van der Waals surface area contributed by atoms with Crippen molar-refractivity contribution in [2.24, 2.45) is 0 Å². The zero-order valence-electron chi connectivity index (χ0n) is 13.3. The van der Waals surface area contributed by atoms with Crippen LogP contribution in [0.2, 0.25) is 0 Å². The molecule has 0 aliphatic rings. The number of amides is 1. The van der Waals surface area contributed by atoms with E-state index in [0.29, 0.717) is 11.4 Å². The van der Waals surface area contributed by atoms with Crippen LogP contribution in [0.25, 0.3) is 0 Å². The SMILES string of the molecule is C=CC(=O)Nc1ccc(Oc2ncc(C)cc2N)c(C(=O)OC)c1. The van der Waals surface area contributed by atoms with Crippen LogP contribution in [0.4, 0.5) is 11.4 Å². The molecule has 0 saturated carbocycles. The first-order valence-electron chi connectivity index (χ1n) is 7.00. The molecule has 7 nitrogen and oxygen atoms in total. The molecule has 2 aromatic rings. The quantitative estimate of drug-likeness (QED) is 0.646. The molecule has 7 heteroatoms. The molecule has 124 valence electrons. The van der Waals surface area contributed by atoms with Crippen LogP contribution in [0.1, 0.15) is 15.9 Å². The summed E-state index contributed by atoms with van der Waals surface area (Å²) in [5.74, 6) is -0.635. The van der Waals surface area contributed by atoms with Gasteiger partial charge in [0.2, 0.25) is 11.8 Å². The monoisotopic (exact) mass is 327 g/mol. The van der Waals surface area contributed by atoms with E-state index in [-0.39, 0.29) is 17.2 Å². The van der Waals surface area contributed by atoms with E-state index in [9.17, 15) is 9.59 Å². The molecule has 24 heavy (non-hydrogen) atoms. The number of ether oxygens (including phenoxy) is 2. The van der Waals surface area contributed by atoms with E-state index >= 15 is 0 Å². The van der Waals surface area contributed by atoms with Crippen LogP contribution >= 0.6 is 0 Å². The van der Waals surface area contributed by atoms with Crippen LogP contribution in [0.3, 0.4) is 0 Å². The van der Waals surface area contributed by atoms with Crippen LogP contribution in [-0.4, -0.2) is 24.0 Å². The highest BCUT2D eigenvalue weighted by Gasteiger charge is 2.17. The maximum absolute atomic E-state index is 12.0. The molecule has 1 heterocycles. The molecular weight excluding hydrogens is 310 g/mol. The number of pyridine rings is 1. The fourth-order valence-corrected chi connectivity index (χ4v) is 1.93. The van der Waals surface area contributed by atoms with Gasteiger partial charge in [-0.25, -0.2) is 9.78 Å². The van der Waals surface area contributed by atoms with Gasteiger partial charge in [-0.15, -0.1) is 0 Å². The molecule has 0 bridgehead atoms. The second-order valence-electron chi connectivity index (χ2n) is 4.91. The lowest BCUT2D eigenvalue weighted by molar-refractivity contribution is -0.111. The smallest absolute Gasteiger partial charge is 0.341 e. The van der Waals surface area contributed by atoms with Gasteiger partial charge in [0.15, 0.2) is 0 Å². The Morgan fingerprint density at radius 3 is 2.71 bits per heavy atom. The summed E-state index contributed by atoms with van der Waals surface area (Å²) >= 11 is 0. The topological polar surface area (TPSA) is 104 Å². The van der Waals surface area contributed by atoms with Crippen molar-refractivity contribution in [3.63, 3.8) is 0 Å². The average Bonchev–Trinajstić information content (AvgIpc) is 2.57. The van der Waals surface area contributed by atoms with Gasteiger partial charge < -0.3 is 20.5 Å². The van der Waals surface area contributed by atoms with Gasteiger partial charge in [-0.1, -0.05) is 6.58 Å². The summed E-state index contributed by atoms with van der Waals surface area (Å²) in [6.45, 7) is 5.22. The van der Waals surface area contributed by atoms with Gasteiger partial charge in [-0.2, -0.15) is 0 Å². The van der Waals surface area contributed by atoms with Crippen molar-refractivity contribution < 1.29 is 19.1 Å². The summed E-state index contributed by atoms with van der Waals surface area (Å²) in [4.78, 5) is 27.5. The maximum atomic E-state index is 12.0. The number of aromatic nitrogens is 1. The molecule has 0 spiro atoms. The number of hydrogen-bond acceptors (Lipinski definition) is 6. The van der Waals surface area contributed by atoms with E-state index < -0.39 is 11.9 Å². The minimum absolute atomic E-state index is 0.126. The number of rotatable bonds is 5. The lowest BCUT2D eigenvalue weighted by Crippen LogP contribution is -2.10. The number of esters is 1.